The molecule has 8 heteroatoms. The van der Waals surface area contributed by atoms with Crippen LogP contribution < -0.4 is 15.4 Å². The second-order valence-electron chi connectivity index (χ2n) is 6.74. The molecule has 7 nitrogen and oxygen atoms in total. The molecular weight excluding hydrogens is 408 g/mol. The number of amides is 2. The molecule has 0 heterocycles. The van der Waals surface area contributed by atoms with E-state index < -0.39 is 18.0 Å². The molecule has 0 bridgehead atoms. The maximum atomic E-state index is 12.2. The smallest absolute Gasteiger partial charge is 0.306 e. The highest BCUT2D eigenvalue weighted by Crippen LogP contribution is 2.22. The van der Waals surface area contributed by atoms with Gasteiger partial charge in [0.2, 0.25) is 5.91 Å². The Kier molecular flexibility index (Phi) is 8.68. The first kappa shape index (κ1) is 23.2. The highest BCUT2D eigenvalue weighted by atomic mass is 35.5. The first-order valence-corrected chi connectivity index (χ1v) is 9.89. The Bertz CT molecular complexity index is 899. The summed E-state index contributed by atoms with van der Waals surface area (Å²) < 4.78 is 10.8. The Morgan fingerprint density at radius 3 is 2.27 bits per heavy atom. The molecular formula is C22H25ClN2O5. The summed E-state index contributed by atoms with van der Waals surface area (Å²) in [5, 5.41) is 5.94. The van der Waals surface area contributed by atoms with Crippen LogP contribution in [-0.4, -0.2) is 30.5 Å². The summed E-state index contributed by atoms with van der Waals surface area (Å²) in [7, 11) is 0. The first-order chi connectivity index (χ1) is 14.2. The van der Waals surface area contributed by atoms with Gasteiger partial charge in [-0.1, -0.05) is 11.6 Å². The summed E-state index contributed by atoms with van der Waals surface area (Å²) in [5.41, 5.74) is 2.07. The van der Waals surface area contributed by atoms with Gasteiger partial charge in [-0.15, -0.1) is 0 Å². The molecule has 160 valence electrons. The SMILES string of the molecule is CC(=O)Nc1ccc(NC(=O)[C@H](C)OC(=O)CCCOc2ccc(Cl)cc2C)cc1. The third-order valence-electron chi connectivity index (χ3n) is 4.07. The van der Waals surface area contributed by atoms with Gasteiger partial charge in [-0.25, -0.2) is 0 Å². The summed E-state index contributed by atoms with van der Waals surface area (Å²) in [6.07, 6.45) is -0.345. The second-order valence-corrected chi connectivity index (χ2v) is 7.18. The van der Waals surface area contributed by atoms with Crippen molar-refractivity contribution < 1.29 is 23.9 Å². The zero-order valence-electron chi connectivity index (χ0n) is 17.2. The van der Waals surface area contributed by atoms with E-state index in [1.165, 1.54) is 13.8 Å². The van der Waals surface area contributed by atoms with Gasteiger partial charge in [0.1, 0.15) is 5.75 Å². The molecule has 2 N–H and O–H groups in total. The Balaban J connectivity index is 1.71. The fourth-order valence-corrected chi connectivity index (χ4v) is 2.79. The van der Waals surface area contributed by atoms with E-state index in [1.807, 2.05) is 6.92 Å². The molecule has 0 radical (unpaired) electrons. The number of nitrogens with one attached hydrogen (secondary N) is 2. The van der Waals surface area contributed by atoms with Gasteiger partial charge in [0.15, 0.2) is 6.10 Å². The van der Waals surface area contributed by atoms with Gasteiger partial charge in [-0.3, -0.25) is 14.4 Å². The minimum Gasteiger partial charge on any atom is -0.493 e. The highest BCUT2D eigenvalue weighted by Gasteiger charge is 2.18. The molecule has 2 aromatic carbocycles. The van der Waals surface area contributed by atoms with Gasteiger partial charge in [0.25, 0.3) is 5.91 Å². The number of rotatable bonds is 9. The van der Waals surface area contributed by atoms with Crippen LogP contribution in [0.3, 0.4) is 0 Å². The number of carbonyl (C=O) groups excluding carboxylic acids is 3. The summed E-state index contributed by atoms with van der Waals surface area (Å²) >= 11 is 5.91. The van der Waals surface area contributed by atoms with E-state index in [4.69, 9.17) is 21.1 Å². The number of carbonyl (C=O) groups is 3. The van der Waals surface area contributed by atoms with Crippen molar-refractivity contribution in [2.24, 2.45) is 0 Å². The van der Waals surface area contributed by atoms with Crippen LogP contribution in [0, 0.1) is 6.92 Å². The van der Waals surface area contributed by atoms with E-state index in [0.29, 0.717) is 35.2 Å². The van der Waals surface area contributed by atoms with E-state index in [-0.39, 0.29) is 12.3 Å². The summed E-state index contributed by atoms with van der Waals surface area (Å²) in [6, 6.07) is 11.9. The molecule has 0 unspecified atom stereocenters. The number of hydrogen-bond acceptors (Lipinski definition) is 5. The number of hydrogen-bond donors (Lipinski definition) is 2. The van der Waals surface area contributed by atoms with E-state index in [2.05, 4.69) is 10.6 Å². The van der Waals surface area contributed by atoms with Gasteiger partial charge in [-0.05, 0) is 68.3 Å². The van der Waals surface area contributed by atoms with Crippen molar-refractivity contribution in [1.29, 1.82) is 0 Å². The van der Waals surface area contributed by atoms with Crippen LogP contribution in [0.5, 0.6) is 5.75 Å². The predicted molar refractivity (Wildman–Crippen MR) is 116 cm³/mol. The molecule has 0 aromatic heterocycles. The van der Waals surface area contributed by atoms with Gasteiger partial charge < -0.3 is 20.1 Å². The summed E-state index contributed by atoms with van der Waals surface area (Å²) in [4.78, 5) is 35.2. The van der Waals surface area contributed by atoms with Crippen LogP contribution in [0.15, 0.2) is 42.5 Å². The number of anilines is 2. The fourth-order valence-electron chi connectivity index (χ4n) is 2.57. The van der Waals surface area contributed by atoms with Crippen LogP contribution in [0.1, 0.15) is 32.3 Å². The number of aryl methyl sites for hydroxylation is 1. The lowest BCUT2D eigenvalue weighted by atomic mass is 10.2. The maximum absolute atomic E-state index is 12.2. The molecule has 1 atom stereocenters. The van der Waals surface area contributed by atoms with Crippen molar-refractivity contribution in [1.82, 2.24) is 0 Å². The van der Waals surface area contributed by atoms with Gasteiger partial charge >= 0.3 is 5.97 Å². The average Bonchev–Trinajstić information content (AvgIpc) is 2.67. The van der Waals surface area contributed by atoms with Crippen LogP contribution >= 0.6 is 11.6 Å². The third-order valence-corrected chi connectivity index (χ3v) is 4.31. The lowest BCUT2D eigenvalue weighted by Crippen LogP contribution is -2.30. The predicted octanol–water partition coefficient (Wildman–Crippen LogP) is 4.34. The van der Waals surface area contributed by atoms with Gasteiger partial charge in [0.05, 0.1) is 6.61 Å². The molecule has 0 aliphatic carbocycles. The second kappa shape index (κ2) is 11.2. The third kappa shape index (κ3) is 7.75. The standard InChI is InChI=1S/C22H25ClN2O5/c1-14-13-17(23)6-11-20(14)29-12-4-5-21(27)30-15(2)22(28)25-19-9-7-18(8-10-19)24-16(3)26/h6-11,13,15H,4-5,12H2,1-3H3,(H,24,26)(H,25,28)/t15-/m0/s1. The van der Waals surface area contributed by atoms with Gasteiger partial charge in [0, 0.05) is 29.7 Å². The van der Waals surface area contributed by atoms with Crippen molar-refractivity contribution in [2.75, 3.05) is 17.2 Å². The molecule has 0 saturated heterocycles. The number of halogens is 1. The zero-order chi connectivity index (χ0) is 22.1. The topological polar surface area (TPSA) is 93.7 Å². The van der Waals surface area contributed by atoms with E-state index in [0.717, 1.165) is 5.56 Å². The monoisotopic (exact) mass is 432 g/mol. The number of benzene rings is 2. The van der Waals surface area contributed by atoms with E-state index >= 15 is 0 Å². The van der Waals surface area contributed by atoms with Crippen molar-refractivity contribution in [2.45, 2.75) is 39.7 Å². The zero-order valence-corrected chi connectivity index (χ0v) is 17.9. The van der Waals surface area contributed by atoms with Crippen molar-refractivity contribution in [3.8, 4) is 5.75 Å². The summed E-state index contributed by atoms with van der Waals surface area (Å²) in [5.74, 6) is -0.384. The largest absolute Gasteiger partial charge is 0.493 e. The minimum absolute atomic E-state index is 0.135. The summed E-state index contributed by atoms with van der Waals surface area (Å²) in [6.45, 7) is 5.16. The molecule has 2 rings (SSSR count). The molecule has 2 amide bonds. The van der Waals surface area contributed by atoms with Crippen molar-refractivity contribution in [3.63, 3.8) is 0 Å². The lowest BCUT2D eigenvalue weighted by molar-refractivity contribution is -0.153. The Labute approximate surface area is 180 Å². The lowest BCUT2D eigenvalue weighted by Gasteiger charge is -2.14. The molecule has 30 heavy (non-hydrogen) atoms. The number of ether oxygens (including phenoxy) is 2. The average molecular weight is 433 g/mol. The van der Waals surface area contributed by atoms with Gasteiger partial charge in [-0.2, -0.15) is 0 Å². The molecule has 0 aliphatic rings. The Hall–Kier alpha value is -3.06. The molecule has 0 spiro atoms. The normalized spacial score (nSPS) is 11.3. The van der Waals surface area contributed by atoms with Crippen molar-refractivity contribution >= 4 is 40.8 Å². The molecule has 0 saturated carbocycles. The van der Waals surface area contributed by atoms with Crippen molar-refractivity contribution in [3.05, 3.63) is 53.1 Å². The van der Waals surface area contributed by atoms with Crippen LogP contribution in [0.4, 0.5) is 11.4 Å². The molecule has 0 fully saturated rings. The first-order valence-electron chi connectivity index (χ1n) is 9.51. The fraction of sp³-hybridized carbons (Fsp3) is 0.318. The Morgan fingerprint density at radius 2 is 1.67 bits per heavy atom. The number of esters is 1. The minimum atomic E-state index is -0.938. The van der Waals surface area contributed by atoms with E-state index in [1.54, 1.807) is 42.5 Å². The Morgan fingerprint density at radius 1 is 1.03 bits per heavy atom. The van der Waals surface area contributed by atoms with Crippen LogP contribution in [0.25, 0.3) is 0 Å². The van der Waals surface area contributed by atoms with Crippen LogP contribution in [0.2, 0.25) is 5.02 Å². The van der Waals surface area contributed by atoms with E-state index in [9.17, 15) is 14.4 Å². The van der Waals surface area contributed by atoms with Crippen LogP contribution in [-0.2, 0) is 19.1 Å². The highest BCUT2D eigenvalue weighted by molar-refractivity contribution is 6.30. The quantitative estimate of drug-likeness (QED) is 0.454. The molecule has 2 aromatic rings. The molecule has 0 aliphatic heterocycles. The maximum Gasteiger partial charge on any atom is 0.306 e.